The Morgan fingerprint density at radius 2 is 2.00 bits per heavy atom. The van der Waals surface area contributed by atoms with Crippen LogP contribution in [-0.4, -0.2) is 30.4 Å². The standard InChI is InChI=1S/C21H29N3O3/c1-7-10-27-19-9-8-17(12-20(19)26-6)21(25)23-22-13-18-11-15(4)24(14(2)3)16(18)5/h8-9,11-14H,7,10H2,1-6H3,(H,23,25)/b22-13-. The zero-order valence-electron chi connectivity index (χ0n) is 17.0. The molecular weight excluding hydrogens is 342 g/mol. The summed E-state index contributed by atoms with van der Waals surface area (Å²) in [7, 11) is 1.55. The van der Waals surface area contributed by atoms with Crippen LogP contribution in [0.2, 0.25) is 0 Å². The van der Waals surface area contributed by atoms with Gasteiger partial charge in [-0.25, -0.2) is 5.43 Å². The molecule has 1 N–H and O–H groups in total. The molecule has 0 aliphatic rings. The highest BCUT2D eigenvalue weighted by atomic mass is 16.5. The van der Waals surface area contributed by atoms with E-state index in [1.54, 1.807) is 31.5 Å². The van der Waals surface area contributed by atoms with Crippen molar-refractivity contribution in [3.8, 4) is 11.5 Å². The highest BCUT2D eigenvalue weighted by molar-refractivity contribution is 5.95. The molecule has 0 radical (unpaired) electrons. The van der Waals surface area contributed by atoms with Crippen molar-refractivity contribution >= 4 is 12.1 Å². The smallest absolute Gasteiger partial charge is 0.271 e. The number of carbonyl (C=O) groups is 1. The van der Waals surface area contributed by atoms with E-state index in [9.17, 15) is 4.79 Å². The van der Waals surface area contributed by atoms with Gasteiger partial charge in [0.15, 0.2) is 11.5 Å². The molecule has 0 aliphatic heterocycles. The van der Waals surface area contributed by atoms with E-state index in [1.807, 2.05) is 6.92 Å². The average molecular weight is 371 g/mol. The Morgan fingerprint density at radius 1 is 1.26 bits per heavy atom. The predicted octanol–water partition coefficient (Wildman–Crippen LogP) is 4.25. The van der Waals surface area contributed by atoms with Crippen molar-refractivity contribution in [3.05, 3.63) is 46.8 Å². The van der Waals surface area contributed by atoms with E-state index in [1.165, 1.54) is 5.69 Å². The molecule has 1 aromatic heterocycles. The van der Waals surface area contributed by atoms with Crippen LogP contribution < -0.4 is 14.9 Å². The molecule has 1 amide bonds. The molecule has 0 fully saturated rings. The summed E-state index contributed by atoms with van der Waals surface area (Å²) in [4.78, 5) is 12.4. The first kappa shape index (κ1) is 20.6. The molecule has 1 heterocycles. The van der Waals surface area contributed by atoms with Crippen molar-refractivity contribution in [1.82, 2.24) is 9.99 Å². The van der Waals surface area contributed by atoms with Crippen LogP contribution in [0.15, 0.2) is 29.4 Å². The first-order valence-electron chi connectivity index (χ1n) is 9.21. The summed E-state index contributed by atoms with van der Waals surface area (Å²) in [5.74, 6) is 0.852. The minimum atomic E-state index is -0.302. The van der Waals surface area contributed by atoms with Gasteiger partial charge in [-0.3, -0.25) is 4.79 Å². The van der Waals surface area contributed by atoms with Gasteiger partial charge in [-0.05, 0) is 58.4 Å². The molecule has 2 rings (SSSR count). The fourth-order valence-corrected chi connectivity index (χ4v) is 3.09. The number of rotatable bonds is 8. The van der Waals surface area contributed by atoms with Gasteiger partial charge in [-0.2, -0.15) is 5.10 Å². The second-order valence-electron chi connectivity index (χ2n) is 6.70. The number of hydrazone groups is 1. The van der Waals surface area contributed by atoms with Gasteiger partial charge in [-0.15, -0.1) is 0 Å². The van der Waals surface area contributed by atoms with Crippen molar-refractivity contribution in [3.63, 3.8) is 0 Å². The number of amides is 1. The van der Waals surface area contributed by atoms with Crippen LogP contribution in [0.25, 0.3) is 0 Å². The first-order valence-corrected chi connectivity index (χ1v) is 9.21. The zero-order chi connectivity index (χ0) is 20.0. The predicted molar refractivity (Wildman–Crippen MR) is 108 cm³/mol. The van der Waals surface area contributed by atoms with Crippen molar-refractivity contribution < 1.29 is 14.3 Å². The monoisotopic (exact) mass is 371 g/mol. The van der Waals surface area contributed by atoms with Crippen LogP contribution in [0.1, 0.15) is 60.5 Å². The zero-order valence-corrected chi connectivity index (χ0v) is 17.0. The van der Waals surface area contributed by atoms with Gasteiger partial charge >= 0.3 is 0 Å². The molecule has 0 unspecified atom stereocenters. The Balaban J connectivity index is 2.09. The number of carbonyl (C=O) groups excluding carboxylic acids is 1. The molecule has 0 saturated carbocycles. The number of nitrogens with one attached hydrogen (secondary N) is 1. The highest BCUT2D eigenvalue weighted by Gasteiger charge is 2.12. The number of hydrogen-bond donors (Lipinski definition) is 1. The lowest BCUT2D eigenvalue weighted by molar-refractivity contribution is 0.0954. The molecule has 0 spiro atoms. The summed E-state index contributed by atoms with van der Waals surface area (Å²) in [5.41, 5.74) is 6.31. The third-order valence-electron chi connectivity index (χ3n) is 4.30. The number of hydrogen-bond acceptors (Lipinski definition) is 4. The van der Waals surface area contributed by atoms with Crippen molar-refractivity contribution in [2.24, 2.45) is 5.10 Å². The second-order valence-corrected chi connectivity index (χ2v) is 6.70. The molecule has 0 aliphatic carbocycles. The van der Waals surface area contributed by atoms with Gasteiger partial charge in [0, 0.05) is 28.6 Å². The van der Waals surface area contributed by atoms with Crippen molar-refractivity contribution in [1.29, 1.82) is 0 Å². The van der Waals surface area contributed by atoms with E-state index >= 15 is 0 Å². The van der Waals surface area contributed by atoms with Crippen molar-refractivity contribution in [2.75, 3.05) is 13.7 Å². The maximum atomic E-state index is 12.4. The Hall–Kier alpha value is -2.76. The quantitative estimate of drug-likeness (QED) is 0.557. The van der Waals surface area contributed by atoms with E-state index in [0.29, 0.717) is 29.7 Å². The number of benzene rings is 1. The number of nitrogens with zero attached hydrogens (tertiary/aromatic N) is 2. The largest absolute Gasteiger partial charge is 0.493 e. The topological polar surface area (TPSA) is 64.8 Å². The summed E-state index contributed by atoms with van der Waals surface area (Å²) in [5, 5.41) is 4.11. The Labute approximate surface area is 161 Å². The molecule has 146 valence electrons. The van der Waals surface area contributed by atoms with Gasteiger partial charge in [0.2, 0.25) is 0 Å². The van der Waals surface area contributed by atoms with Gasteiger partial charge in [0.1, 0.15) is 0 Å². The van der Waals surface area contributed by atoms with E-state index < -0.39 is 0 Å². The molecule has 0 atom stereocenters. The van der Waals surface area contributed by atoms with Gasteiger partial charge in [0.25, 0.3) is 5.91 Å². The molecule has 1 aromatic carbocycles. The summed E-state index contributed by atoms with van der Waals surface area (Å²) < 4.78 is 13.2. The molecule has 6 nitrogen and oxygen atoms in total. The SMILES string of the molecule is CCCOc1ccc(C(=O)N/N=C\c2cc(C)n(C(C)C)c2C)cc1OC. The van der Waals surface area contributed by atoms with E-state index in [-0.39, 0.29) is 5.91 Å². The minimum absolute atomic E-state index is 0.302. The summed E-state index contributed by atoms with van der Waals surface area (Å²) in [6, 6.07) is 7.53. The van der Waals surface area contributed by atoms with Crippen LogP contribution in [0.5, 0.6) is 11.5 Å². The van der Waals surface area contributed by atoms with Crippen LogP contribution in [-0.2, 0) is 0 Å². The molecule has 2 aromatic rings. The lowest BCUT2D eigenvalue weighted by Gasteiger charge is -2.13. The number of methoxy groups -OCH3 is 1. The third kappa shape index (κ3) is 4.90. The fourth-order valence-electron chi connectivity index (χ4n) is 3.09. The highest BCUT2D eigenvalue weighted by Crippen LogP contribution is 2.28. The Morgan fingerprint density at radius 3 is 2.59 bits per heavy atom. The van der Waals surface area contributed by atoms with E-state index in [0.717, 1.165) is 17.7 Å². The second kappa shape index (κ2) is 9.26. The Bertz CT molecular complexity index is 822. The lowest BCUT2D eigenvalue weighted by atomic mass is 10.2. The molecular formula is C21H29N3O3. The number of ether oxygens (including phenoxy) is 2. The maximum Gasteiger partial charge on any atom is 0.271 e. The van der Waals surface area contributed by atoms with Crippen LogP contribution in [0.4, 0.5) is 0 Å². The lowest BCUT2D eigenvalue weighted by Crippen LogP contribution is -2.17. The Kier molecular flexibility index (Phi) is 7.05. The van der Waals surface area contributed by atoms with Crippen LogP contribution >= 0.6 is 0 Å². The van der Waals surface area contributed by atoms with Gasteiger partial charge in [0.05, 0.1) is 19.9 Å². The summed E-state index contributed by atoms with van der Waals surface area (Å²) >= 11 is 0. The first-order chi connectivity index (χ1) is 12.9. The molecule has 0 bridgehead atoms. The molecule has 6 heteroatoms. The fraction of sp³-hybridized carbons (Fsp3) is 0.429. The minimum Gasteiger partial charge on any atom is -0.493 e. The summed E-state index contributed by atoms with van der Waals surface area (Å²) in [6.07, 6.45) is 2.58. The van der Waals surface area contributed by atoms with Gasteiger partial charge in [-0.1, -0.05) is 6.92 Å². The maximum absolute atomic E-state index is 12.4. The third-order valence-corrected chi connectivity index (χ3v) is 4.30. The van der Waals surface area contributed by atoms with Gasteiger partial charge < -0.3 is 14.0 Å². The van der Waals surface area contributed by atoms with E-state index in [4.69, 9.17) is 9.47 Å². The van der Waals surface area contributed by atoms with Crippen LogP contribution in [0, 0.1) is 13.8 Å². The van der Waals surface area contributed by atoms with Crippen molar-refractivity contribution in [2.45, 2.75) is 47.1 Å². The van der Waals surface area contributed by atoms with E-state index in [2.05, 4.69) is 48.9 Å². The number of aromatic nitrogens is 1. The normalized spacial score (nSPS) is 11.2. The van der Waals surface area contributed by atoms with Crippen LogP contribution in [0.3, 0.4) is 0 Å². The summed E-state index contributed by atoms with van der Waals surface area (Å²) in [6.45, 7) is 11.0. The molecule has 27 heavy (non-hydrogen) atoms. The average Bonchev–Trinajstić information content (AvgIpc) is 2.93. The molecule has 0 saturated heterocycles. The number of aryl methyl sites for hydroxylation is 1.